The third-order valence-corrected chi connectivity index (χ3v) is 5.24. The monoisotopic (exact) mass is 252 g/mol. The highest BCUT2D eigenvalue weighted by atomic mass is 15.2. The van der Waals surface area contributed by atoms with Crippen LogP contribution in [0.15, 0.2) is 0 Å². The first-order chi connectivity index (χ1) is 8.62. The quantitative estimate of drug-likeness (QED) is 0.806. The number of likely N-dealkylation sites (tertiary alicyclic amines) is 1. The van der Waals surface area contributed by atoms with Crippen LogP contribution >= 0.6 is 0 Å². The number of hydrogen-bond acceptors (Lipinski definition) is 2. The van der Waals surface area contributed by atoms with Gasteiger partial charge in [-0.05, 0) is 58.4 Å². The van der Waals surface area contributed by atoms with Crippen molar-refractivity contribution in [1.82, 2.24) is 10.2 Å². The topological polar surface area (TPSA) is 15.3 Å². The van der Waals surface area contributed by atoms with Crippen molar-refractivity contribution < 1.29 is 0 Å². The van der Waals surface area contributed by atoms with Crippen LogP contribution in [0.4, 0.5) is 0 Å². The van der Waals surface area contributed by atoms with Gasteiger partial charge in [-0.15, -0.1) is 0 Å². The molecule has 2 aliphatic rings. The first kappa shape index (κ1) is 14.3. The summed E-state index contributed by atoms with van der Waals surface area (Å²) in [6.45, 7) is 10.6. The molecule has 0 spiro atoms. The van der Waals surface area contributed by atoms with Crippen LogP contribution in [0.5, 0.6) is 0 Å². The lowest BCUT2D eigenvalue weighted by atomic mass is 9.78. The van der Waals surface area contributed by atoms with E-state index in [4.69, 9.17) is 0 Å². The minimum absolute atomic E-state index is 0.307. The van der Waals surface area contributed by atoms with E-state index in [-0.39, 0.29) is 0 Å². The first-order valence-electron chi connectivity index (χ1n) is 8.11. The normalized spacial score (nSPS) is 30.2. The van der Waals surface area contributed by atoms with E-state index in [1.807, 2.05) is 0 Å². The second-order valence-corrected chi connectivity index (χ2v) is 6.95. The van der Waals surface area contributed by atoms with Gasteiger partial charge in [-0.25, -0.2) is 0 Å². The summed E-state index contributed by atoms with van der Waals surface area (Å²) >= 11 is 0. The first-order valence-corrected chi connectivity index (χ1v) is 8.11. The van der Waals surface area contributed by atoms with E-state index in [9.17, 15) is 0 Å². The molecule has 0 aromatic carbocycles. The maximum atomic E-state index is 3.71. The van der Waals surface area contributed by atoms with E-state index >= 15 is 0 Å². The van der Waals surface area contributed by atoms with Gasteiger partial charge in [0.05, 0.1) is 0 Å². The summed E-state index contributed by atoms with van der Waals surface area (Å²) in [4.78, 5) is 2.78. The average molecular weight is 252 g/mol. The summed E-state index contributed by atoms with van der Waals surface area (Å²) in [7, 11) is 0. The fraction of sp³-hybridized carbons (Fsp3) is 1.00. The number of rotatable bonds is 5. The van der Waals surface area contributed by atoms with Crippen molar-refractivity contribution in [2.75, 3.05) is 19.6 Å². The number of nitrogens with one attached hydrogen (secondary N) is 1. The standard InChI is InChI=1S/C16H32N2/c1-4-16(2,3)17-11-13-18-12-7-9-14-8-5-6-10-15(14)18/h14-15,17H,4-13H2,1-3H3. The Hall–Kier alpha value is -0.0800. The Bertz CT molecular complexity index is 247. The molecular formula is C16H32N2. The molecule has 2 heteroatoms. The number of hydrogen-bond donors (Lipinski definition) is 1. The van der Waals surface area contributed by atoms with Gasteiger partial charge in [-0.3, -0.25) is 4.90 Å². The Balaban J connectivity index is 1.77. The minimum Gasteiger partial charge on any atom is -0.311 e. The van der Waals surface area contributed by atoms with Crippen LogP contribution in [0, 0.1) is 5.92 Å². The van der Waals surface area contributed by atoms with Crippen LogP contribution in [0.1, 0.15) is 65.7 Å². The van der Waals surface area contributed by atoms with Crippen molar-refractivity contribution in [1.29, 1.82) is 0 Å². The summed E-state index contributed by atoms with van der Waals surface area (Å²) in [5, 5.41) is 3.71. The highest BCUT2D eigenvalue weighted by molar-refractivity contribution is 4.88. The second-order valence-electron chi connectivity index (χ2n) is 6.95. The Morgan fingerprint density at radius 2 is 1.83 bits per heavy atom. The van der Waals surface area contributed by atoms with Crippen molar-refractivity contribution in [3.8, 4) is 0 Å². The number of fused-ring (bicyclic) bond motifs is 1. The van der Waals surface area contributed by atoms with Gasteiger partial charge in [0, 0.05) is 24.7 Å². The molecule has 0 amide bonds. The van der Waals surface area contributed by atoms with Gasteiger partial charge in [0.1, 0.15) is 0 Å². The summed E-state index contributed by atoms with van der Waals surface area (Å²) < 4.78 is 0. The van der Waals surface area contributed by atoms with Crippen molar-refractivity contribution >= 4 is 0 Å². The fourth-order valence-corrected chi connectivity index (χ4v) is 3.67. The molecule has 1 saturated carbocycles. The van der Waals surface area contributed by atoms with Crippen molar-refractivity contribution in [3.63, 3.8) is 0 Å². The number of piperidine rings is 1. The van der Waals surface area contributed by atoms with E-state index in [0.717, 1.165) is 18.5 Å². The molecule has 2 nitrogen and oxygen atoms in total. The van der Waals surface area contributed by atoms with E-state index in [2.05, 4.69) is 31.0 Å². The lowest BCUT2D eigenvalue weighted by molar-refractivity contribution is 0.0602. The summed E-state index contributed by atoms with van der Waals surface area (Å²) in [5.74, 6) is 1.02. The van der Waals surface area contributed by atoms with Gasteiger partial charge in [0.25, 0.3) is 0 Å². The molecule has 1 saturated heterocycles. The van der Waals surface area contributed by atoms with E-state index in [1.54, 1.807) is 0 Å². The molecule has 2 rings (SSSR count). The molecule has 2 unspecified atom stereocenters. The van der Waals surface area contributed by atoms with E-state index in [0.29, 0.717) is 5.54 Å². The molecule has 0 aromatic rings. The molecule has 2 atom stereocenters. The van der Waals surface area contributed by atoms with Crippen LogP contribution in [-0.4, -0.2) is 36.1 Å². The second kappa shape index (κ2) is 6.38. The predicted octanol–water partition coefficient (Wildman–Crippen LogP) is 3.42. The molecule has 2 fully saturated rings. The van der Waals surface area contributed by atoms with Crippen molar-refractivity contribution in [2.24, 2.45) is 5.92 Å². The highest BCUT2D eigenvalue weighted by Crippen LogP contribution is 2.34. The summed E-state index contributed by atoms with van der Waals surface area (Å²) in [6, 6.07) is 0.916. The van der Waals surface area contributed by atoms with Gasteiger partial charge in [-0.1, -0.05) is 19.8 Å². The maximum Gasteiger partial charge on any atom is 0.0124 e. The summed E-state index contributed by atoms with van der Waals surface area (Å²) in [6.07, 6.45) is 10.0. The third-order valence-electron chi connectivity index (χ3n) is 5.24. The molecular weight excluding hydrogens is 220 g/mol. The smallest absolute Gasteiger partial charge is 0.0124 e. The van der Waals surface area contributed by atoms with Crippen molar-refractivity contribution in [2.45, 2.75) is 77.3 Å². The molecule has 0 bridgehead atoms. The molecule has 0 radical (unpaired) electrons. The van der Waals surface area contributed by atoms with Gasteiger partial charge in [-0.2, -0.15) is 0 Å². The molecule has 1 aliphatic heterocycles. The summed E-state index contributed by atoms with van der Waals surface area (Å²) in [5.41, 5.74) is 0.307. The lowest BCUT2D eigenvalue weighted by Gasteiger charge is -2.44. The van der Waals surface area contributed by atoms with E-state index < -0.39 is 0 Å². The van der Waals surface area contributed by atoms with Gasteiger partial charge < -0.3 is 5.32 Å². The Kier molecular flexibility index (Phi) is 5.08. The molecule has 18 heavy (non-hydrogen) atoms. The molecule has 1 aliphatic carbocycles. The largest absolute Gasteiger partial charge is 0.311 e. The van der Waals surface area contributed by atoms with Crippen LogP contribution in [0.25, 0.3) is 0 Å². The predicted molar refractivity (Wildman–Crippen MR) is 78.9 cm³/mol. The lowest BCUT2D eigenvalue weighted by Crippen LogP contribution is -2.50. The number of nitrogens with zero attached hydrogens (tertiary/aromatic N) is 1. The average Bonchev–Trinajstić information content (AvgIpc) is 2.39. The van der Waals surface area contributed by atoms with Gasteiger partial charge >= 0.3 is 0 Å². The zero-order chi connectivity index (χ0) is 13.0. The Labute approximate surface area is 114 Å². The molecule has 1 N–H and O–H groups in total. The van der Waals surface area contributed by atoms with Crippen LogP contribution in [-0.2, 0) is 0 Å². The van der Waals surface area contributed by atoms with E-state index in [1.165, 1.54) is 58.0 Å². The fourth-order valence-electron chi connectivity index (χ4n) is 3.67. The minimum atomic E-state index is 0.307. The van der Waals surface area contributed by atoms with Crippen molar-refractivity contribution in [3.05, 3.63) is 0 Å². The van der Waals surface area contributed by atoms with Gasteiger partial charge in [0.15, 0.2) is 0 Å². The third kappa shape index (κ3) is 3.71. The highest BCUT2D eigenvalue weighted by Gasteiger charge is 2.32. The zero-order valence-corrected chi connectivity index (χ0v) is 12.7. The van der Waals surface area contributed by atoms with Crippen LogP contribution < -0.4 is 5.32 Å². The molecule has 1 heterocycles. The van der Waals surface area contributed by atoms with Crippen LogP contribution in [0.2, 0.25) is 0 Å². The van der Waals surface area contributed by atoms with Crippen LogP contribution in [0.3, 0.4) is 0 Å². The Morgan fingerprint density at radius 3 is 2.61 bits per heavy atom. The zero-order valence-electron chi connectivity index (χ0n) is 12.7. The van der Waals surface area contributed by atoms with Gasteiger partial charge in [0.2, 0.25) is 0 Å². The Morgan fingerprint density at radius 1 is 1.11 bits per heavy atom. The maximum absolute atomic E-state index is 3.71. The molecule has 0 aromatic heterocycles. The molecule has 106 valence electrons. The SMILES string of the molecule is CCC(C)(C)NCCN1CCCC2CCCCC21.